The first kappa shape index (κ1) is 13.8. The molecule has 2 rings (SSSR count). The van der Waals surface area contributed by atoms with Gasteiger partial charge in [0.15, 0.2) is 0 Å². The lowest BCUT2D eigenvalue weighted by molar-refractivity contribution is -0.123. The lowest BCUT2D eigenvalue weighted by Gasteiger charge is -2.33. The maximum Gasteiger partial charge on any atom is 0.238 e. The SMILES string of the molecule is CC(N)(CN1CCC(N2CCCCC2)C1)C(N)=O. The molecule has 104 valence electrons. The van der Waals surface area contributed by atoms with Gasteiger partial charge in [-0.3, -0.25) is 14.6 Å². The predicted molar refractivity (Wildman–Crippen MR) is 72.1 cm³/mol. The minimum Gasteiger partial charge on any atom is -0.368 e. The van der Waals surface area contributed by atoms with Gasteiger partial charge >= 0.3 is 0 Å². The van der Waals surface area contributed by atoms with E-state index >= 15 is 0 Å². The van der Waals surface area contributed by atoms with E-state index < -0.39 is 11.4 Å². The highest BCUT2D eigenvalue weighted by atomic mass is 16.1. The van der Waals surface area contributed by atoms with Crippen LogP contribution in [0.25, 0.3) is 0 Å². The van der Waals surface area contributed by atoms with Crippen molar-refractivity contribution in [2.45, 2.75) is 44.2 Å². The molecular weight excluding hydrogens is 228 g/mol. The van der Waals surface area contributed by atoms with E-state index in [0.29, 0.717) is 12.6 Å². The molecule has 0 aliphatic carbocycles. The summed E-state index contributed by atoms with van der Waals surface area (Å²) in [5.41, 5.74) is 10.4. The summed E-state index contributed by atoms with van der Waals surface area (Å²) in [6, 6.07) is 0.647. The molecule has 0 aromatic heterocycles. The topological polar surface area (TPSA) is 75.6 Å². The summed E-state index contributed by atoms with van der Waals surface area (Å²) in [7, 11) is 0. The highest BCUT2D eigenvalue weighted by Gasteiger charge is 2.34. The third-order valence-electron chi connectivity index (χ3n) is 4.27. The second-order valence-corrected chi connectivity index (χ2v) is 6.06. The number of nitrogens with two attached hydrogens (primary N) is 2. The van der Waals surface area contributed by atoms with Crippen LogP contribution in [0.15, 0.2) is 0 Å². The quantitative estimate of drug-likeness (QED) is 0.725. The fraction of sp³-hybridized carbons (Fsp3) is 0.923. The largest absolute Gasteiger partial charge is 0.368 e. The Morgan fingerprint density at radius 1 is 1.28 bits per heavy atom. The summed E-state index contributed by atoms with van der Waals surface area (Å²) in [4.78, 5) is 16.1. The van der Waals surface area contributed by atoms with E-state index in [4.69, 9.17) is 11.5 Å². The molecule has 2 saturated heterocycles. The molecule has 4 N–H and O–H groups in total. The van der Waals surface area contributed by atoms with Crippen molar-refractivity contribution in [1.29, 1.82) is 0 Å². The zero-order valence-corrected chi connectivity index (χ0v) is 11.4. The Bertz CT molecular complexity index is 299. The number of primary amides is 1. The number of carbonyl (C=O) groups excluding carboxylic acids is 1. The fourth-order valence-electron chi connectivity index (χ4n) is 3.08. The maximum atomic E-state index is 11.3. The Kier molecular flexibility index (Phi) is 4.25. The van der Waals surface area contributed by atoms with Gasteiger partial charge in [0, 0.05) is 19.1 Å². The first-order valence-electron chi connectivity index (χ1n) is 7.04. The summed E-state index contributed by atoms with van der Waals surface area (Å²) in [6.45, 7) is 6.82. The molecule has 2 atom stereocenters. The molecule has 0 aromatic rings. The van der Waals surface area contributed by atoms with Crippen LogP contribution in [-0.4, -0.2) is 60.0 Å². The summed E-state index contributed by atoms with van der Waals surface area (Å²) in [5.74, 6) is -0.413. The van der Waals surface area contributed by atoms with Crippen molar-refractivity contribution in [3.8, 4) is 0 Å². The van der Waals surface area contributed by atoms with Crippen molar-refractivity contribution in [1.82, 2.24) is 9.80 Å². The third-order valence-corrected chi connectivity index (χ3v) is 4.27. The van der Waals surface area contributed by atoms with Gasteiger partial charge in [-0.1, -0.05) is 6.42 Å². The van der Waals surface area contributed by atoms with Crippen molar-refractivity contribution in [2.24, 2.45) is 11.5 Å². The van der Waals surface area contributed by atoms with E-state index in [1.807, 2.05) is 0 Å². The maximum absolute atomic E-state index is 11.3. The molecule has 5 heteroatoms. The van der Waals surface area contributed by atoms with Crippen molar-refractivity contribution in [2.75, 3.05) is 32.7 Å². The van der Waals surface area contributed by atoms with E-state index in [-0.39, 0.29) is 0 Å². The molecule has 0 spiro atoms. The number of hydrogen-bond acceptors (Lipinski definition) is 4. The van der Waals surface area contributed by atoms with Crippen molar-refractivity contribution >= 4 is 5.91 Å². The molecule has 0 aromatic carbocycles. The van der Waals surface area contributed by atoms with E-state index in [1.165, 1.54) is 38.8 Å². The Morgan fingerprint density at radius 2 is 1.94 bits per heavy atom. The van der Waals surface area contributed by atoms with E-state index in [1.54, 1.807) is 6.92 Å². The van der Waals surface area contributed by atoms with Crippen LogP contribution in [0.3, 0.4) is 0 Å². The standard InChI is InChI=1S/C13H26N4O/c1-13(15,12(14)18)10-16-8-5-11(9-16)17-6-3-2-4-7-17/h11H,2-10,15H2,1H3,(H2,14,18). The molecule has 2 aliphatic heterocycles. The van der Waals surface area contributed by atoms with Crippen LogP contribution in [0.2, 0.25) is 0 Å². The molecule has 2 unspecified atom stereocenters. The van der Waals surface area contributed by atoms with Gasteiger partial charge in [-0.2, -0.15) is 0 Å². The molecule has 2 heterocycles. The molecule has 0 radical (unpaired) electrons. The number of rotatable bonds is 4. The lowest BCUT2D eigenvalue weighted by Crippen LogP contribution is -2.56. The Morgan fingerprint density at radius 3 is 2.56 bits per heavy atom. The van der Waals surface area contributed by atoms with Gasteiger partial charge in [-0.05, 0) is 45.8 Å². The molecule has 5 nitrogen and oxygen atoms in total. The van der Waals surface area contributed by atoms with Crippen LogP contribution in [0.4, 0.5) is 0 Å². The van der Waals surface area contributed by atoms with Crippen LogP contribution in [0.1, 0.15) is 32.6 Å². The minimum absolute atomic E-state index is 0.413. The summed E-state index contributed by atoms with van der Waals surface area (Å²) in [5, 5.41) is 0. The first-order chi connectivity index (χ1) is 8.49. The molecular formula is C13H26N4O. The summed E-state index contributed by atoms with van der Waals surface area (Å²) in [6.07, 6.45) is 5.21. The third kappa shape index (κ3) is 3.22. The summed E-state index contributed by atoms with van der Waals surface area (Å²) < 4.78 is 0. The second kappa shape index (κ2) is 5.55. The molecule has 2 aliphatic rings. The van der Waals surface area contributed by atoms with Crippen LogP contribution >= 0.6 is 0 Å². The Balaban J connectivity index is 1.82. The Hall–Kier alpha value is -0.650. The normalized spacial score (nSPS) is 30.2. The molecule has 18 heavy (non-hydrogen) atoms. The van der Waals surface area contributed by atoms with Crippen molar-refractivity contribution in [3.05, 3.63) is 0 Å². The Labute approximate surface area is 109 Å². The van der Waals surface area contributed by atoms with E-state index in [9.17, 15) is 4.79 Å². The van der Waals surface area contributed by atoms with E-state index in [2.05, 4.69) is 9.80 Å². The van der Waals surface area contributed by atoms with Gasteiger partial charge < -0.3 is 11.5 Å². The first-order valence-corrected chi connectivity index (χ1v) is 7.04. The van der Waals surface area contributed by atoms with Crippen molar-refractivity contribution in [3.63, 3.8) is 0 Å². The van der Waals surface area contributed by atoms with E-state index in [0.717, 1.165) is 13.1 Å². The number of piperidine rings is 1. The molecule has 1 amide bonds. The van der Waals surface area contributed by atoms with Crippen LogP contribution in [-0.2, 0) is 4.79 Å². The van der Waals surface area contributed by atoms with Gasteiger partial charge in [-0.25, -0.2) is 0 Å². The summed E-state index contributed by atoms with van der Waals surface area (Å²) >= 11 is 0. The molecule has 2 fully saturated rings. The average molecular weight is 254 g/mol. The van der Waals surface area contributed by atoms with Crippen LogP contribution < -0.4 is 11.5 Å². The van der Waals surface area contributed by atoms with Gasteiger partial charge in [0.2, 0.25) is 5.91 Å². The minimum atomic E-state index is -0.906. The van der Waals surface area contributed by atoms with Crippen LogP contribution in [0, 0.1) is 0 Å². The molecule has 0 saturated carbocycles. The molecule has 0 bridgehead atoms. The van der Waals surface area contributed by atoms with Crippen LogP contribution in [0.5, 0.6) is 0 Å². The lowest BCUT2D eigenvalue weighted by atomic mass is 10.0. The van der Waals surface area contributed by atoms with Gasteiger partial charge in [-0.15, -0.1) is 0 Å². The van der Waals surface area contributed by atoms with Gasteiger partial charge in [0.25, 0.3) is 0 Å². The highest BCUT2D eigenvalue weighted by molar-refractivity contribution is 5.84. The number of nitrogens with zero attached hydrogens (tertiary/aromatic N) is 2. The zero-order valence-electron chi connectivity index (χ0n) is 11.4. The number of amides is 1. The average Bonchev–Trinajstić information content (AvgIpc) is 2.78. The fourth-order valence-corrected chi connectivity index (χ4v) is 3.08. The predicted octanol–water partition coefficient (Wildman–Crippen LogP) is -0.251. The monoisotopic (exact) mass is 254 g/mol. The number of carbonyl (C=O) groups is 1. The zero-order chi connectivity index (χ0) is 13.2. The smallest absolute Gasteiger partial charge is 0.238 e. The van der Waals surface area contributed by atoms with Gasteiger partial charge in [0.1, 0.15) is 5.54 Å². The highest BCUT2D eigenvalue weighted by Crippen LogP contribution is 2.21. The van der Waals surface area contributed by atoms with Crippen molar-refractivity contribution < 1.29 is 4.79 Å². The number of likely N-dealkylation sites (tertiary alicyclic amines) is 2. The second-order valence-electron chi connectivity index (χ2n) is 6.06. The number of hydrogen-bond donors (Lipinski definition) is 2. The van der Waals surface area contributed by atoms with Gasteiger partial charge in [0.05, 0.1) is 0 Å².